The molecule has 0 spiro atoms. The van der Waals surface area contributed by atoms with E-state index in [1.54, 1.807) is 5.56 Å². The first-order valence-electron chi connectivity index (χ1n) is 11.6. The topological polar surface area (TPSA) is 9.72 Å². The van der Waals surface area contributed by atoms with Gasteiger partial charge in [0.15, 0.2) is 0 Å². The largest absolute Gasteiger partial charge is 0.371 e. The molecule has 0 saturated carbocycles. The maximum Gasteiger partial charge on any atom is 0.0455 e. The predicted octanol–water partition coefficient (Wildman–Crippen LogP) is 5.65. The molecule has 3 aromatic rings. The fourth-order valence-electron chi connectivity index (χ4n) is 5.12. The van der Waals surface area contributed by atoms with Crippen LogP contribution in [0.15, 0.2) is 53.9 Å². The minimum absolute atomic E-state index is 1.15. The molecule has 0 atom stereocenters. The van der Waals surface area contributed by atoms with Crippen molar-refractivity contribution in [2.75, 3.05) is 55.6 Å². The van der Waals surface area contributed by atoms with Crippen LogP contribution >= 0.6 is 11.3 Å². The predicted molar refractivity (Wildman–Crippen MR) is 131 cm³/mol. The Balaban J connectivity index is 1.04. The number of hydrogen-bond acceptors (Lipinski definition) is 4. The molecule has 0 amide bonds. The van der Waals surface area contributed by atoms with Crippen molar-refractivity contribution >= 4 is 32.8 Å². The van der Waals surface area contributed by atoms with E-state index in [4.69, 9.17) is 0 Å². The number of rotatable bonds is 7. The zero-order chi connectivity index (χ0) is 20.2. The first-order valence-corrected chi connectivity index (χ1v) is 12.5. The molecule has 5 rings (SSSR count). The molecule has 0 aliphatic carbocycles. The Morgan fingerprint density at radius 1 is 0.733 bits per heavy atom. The number of fused-ring (bicyclic) bond motifs is 2. The molecule has 1 saturated heterocycles. The van der Waals surface area contributed by atoms with Gasteiger partial charge in [0.05, 0.1) is 0 Å². The van der Waals surface area contributed by atoms with Crippen LogP contribution in [0.5, 0.6) is 0 Å². The van der Waals surface area contributed by atoms with Crippen molar-refractivity contribution in [2.24, 2.45) is 0 Å². The molecule has 30 heavy (non-hydrogen) atoms. The average Bonchev–Trinajstić information content (AvgIpc) is 3.28. The third kappa shape index (κ3) is 4.35. The summed E-state index contributed by atoms with van der Waals surface area (Å²) in [7, 11) is 0. The van der Waals surface area contributed by atoms with Crippen LogP contribution in [0.4, 0.5) is 11.4 Å². The SMILES string of the molecule is c1ccc2c(c1)CCCN2CCCCCN1CCN(c2cccc3sccc23)CC1. The lowest BCUT2D eigenvalue weighted by atomic mass is 10.0. The molecule has 2 aromatic carbocycles. The van der Waals surface area contributed by atoms with E-state index in [1.807, 2.05) is 11.3 Å². The van der Waals surface area contributed by atoms with Crippen molar-refractivity contribution in [3.05, 3.63) is 59.5 Å². The van der Waals surface area contributed by atoms with Gasteiger partial charge in [0.1, 0.15) is 0 Å². The summed E-state index contributed by atoms with van der Waals surface area (Å²) in [6, 6.07) is 18.0. The molecule has 1 fully saturated rings. The summed E-state index contributed by atoms with van der Waals surface area (Å²) in [6.45, 7) is 8.40. The molecular weight excluding hydrogens is 386 g/mol. The van der Waals surface area contributed by atoms with Gasteiger partial charge in [-0.25, -0.2) is 0 Å². The second-order valence-corrected chi connectivity index (χ2v) is 9.67. The van der Waals surface area contributed by atoms with Crippen molar-refractivity contribution in [3.8, 4) is 0 Å². The Kier molecular flexibility index (Phi) is 6.24. The molecule has 3 heterocycles. The molecule has 0 bridgehead atoms. The highest BCUT2D eigenvalue weighted by Gasteiger charge is 2.19. The van der Waals surface area contributed by atoms with Crippen molar-refractivity contribution in [2.45, 2.75) is 32.1 Å². The van der Waals surface area contributed by atoms with E-state index < -0.39 is 0 Å². The zero-order valence-electron chi connectivity index (χ0n) is 17.9. The first-order chi connectivity index (χ1) is 14.9. The van der Waals surface area contributed by atoms with E-state index in [2.05, 4.69) is 68.6 Å². The van der Waals surface area contributed by atoms with Crippen LogP contribution in [-0.2, 0) is 6.42 Å². The van der Waals surface area contributed by atoms with Crippen LogP contribution < -0.4 is 9.80 Å². The molecule has 3 nitrogen and oxygen atoms in total. The van der Waals surface area contributed by atoms with Gasteiger partial charge < -0.3 is 9.80 Å². The Morgan fingerprint density at radius 2 is 1.57 bits per heavy atom. The number of thiophene rings is 1. The number of para-hydroxylation sites is 1. The van der Waals surface area contributed by atoms with Crippen LogP contribution in [0.1, 0.15) is 31.2 Å². The van der Waals surface area contributed by atoms with Gasteiger partial charge in [-0.3, -0.25) is 4.90 Å². The van der Waals surface area contributed by atoms with Gasteiger partial charge >= 0.3 is 0 Å². The van der Waals surface area contributed by atoms with Crippen molar-refractivity contribution in [1.82, 2.24) is 4.90 Å². The maximum absolute atomic E-state index is 2.67. The summed E-state index contributed by atoms with van der Waals surface area (Å²) in [5.41, 5.74) is 4.45. The Bertz CT molecular complexity index is 958. The highest BCUT2D eigenvalue weighted by Crippen LogP contribution is 2.31. The van der Waals surface area contributed by atoms with Crippen molar-refractivity contribution in [3.63, 3.8) is 0 Å². The Labute approximate surface area is 184 Å². The van der Waals surface area contributed by atoms with E-state index >= 15 is 0 Å². The minimum atomic E-state index is 1.15. The molecule has 2 aliphatic rings. The fourth-order valence-corrected chi connectivity index (χ4v) is 5.93. The summed E-state index contributed by atoms with van der Waals surface area (Å²) < 4.78 is 1.41. The fraction of sp³-hybridized carbons (Fsp3) is 0.462. The first kappa shape index (κ1) is 19.9. The third-order valence-electron chi connectivity index (χ3n) is 6.79. The normalized spacial score (nSPS) is 17.5. The zero-order valence-corrected chi connectivity index (χ0v) is 18.7. The number of benzene rings is 2. The summed E-state index contributed by atoms with van der Waals surface area (Å²) in [6.07, 6.45) is 6.54. The molecule has 158 valence electrons. The van der Waals surface area contributed by atoms with Crippen LogP contribution in [0.3, 0.4) is 0 Å². The molecular formula is C26H33N3S. The van der Waals surface area contributed by atoms with Gasteiger partial charge in [0, 0.05) is 60.7 Å². The second-order valence-electron chi connectivity index (χ2n) is 8.72. The summed E-state index contributed by atoms with van der Waals surface area (Å²) in [5.74, 6) is 0. The Hall–Kier alpha value is -2.04. The second kappa shape index (κ2) is 9.40. The van der Waals surface area contributed by atoms with E-state index in [0.717, 1.165) is 13.1 Å². The molecule has 2 aliphatic heterocycles. The number of unbranched alkanes of at least 4 members (excludes halogenated alkanes) is 2. The quantitative estimate of drug-likeness (QED) is 0.458. The van der Waals surface area contributed by atoms with Crippen LogP contribution in [0.2, 0.25) is 0 Å². The van der Waals surface area contributed by atoms with Gasteiger partial charge in [0.25, 0.3) is 0 Å². The lowest BCUT2D eigenvalue weighted by Crippen LogP contribution is -2.46. The summed E-state index contributed by atoms with van der Waals surface area (Å²) >= 11 is 1.85. The summed E-state index contributed by atoms with van der Waals surface area (Å²) in [4.78, 5) is 7.86. The lowest BCUT2D eigenvalue weighted by Gasteiger charge is -2.36. The van der Waals surface area contributed by atoms with Crippen molar-refractivity contribution in [1.29, 1.82) is 0 Å². The van der Waals surface area contributed by atoms with Crippen LogP contribution in [-0.4, -0.2) is 50.7 Å². The number of anilines is 2. The van der Waals surface area contributed by atoms with Gasteiger partial charge in [-0.1, -0.05) is 30.7 Å². The van der Waals surface area contributed by atoms with Gasteiger partial charge in [-0.05, 0) is 67.4 Å². The number of piperazine rings is 1. The molecule has 0 N–H and O–H groups in total. The standard InChI is InChI=1S/C26H33N3S/c1(5-15-28-16-7-9-22-8-2-3-10-24(22)28)4-14-27-17-19-29(20-18-27)25-11-6-12-26-23(25)13-21-30-26/h2-3,6,8,10-13,21H,1,4-5,7,9,14-20H2. The molecule has 4 heteroatoms. The smallest absolute Gasteiger partial charge is 0.0455 e. The van der Waals surface area contributed by atoms with E-state index in [1.165, 1.54) is 86.3 Å². The molecule has 1 aromatic heterocycles. The Morgan fingerprint density at radius 3 is 2.50 bits per heavy atom. The van der Waals surface area contributed by atoms with Gasteiger partial charge in [-0.15, -0.1) is 11.3 Å². The number of nitrogens with zero attached hydrogens (tertiary/aromatic N) is 3. The maximum atomic E-state index is 2.67. The van der Waals surface area contributed by atoms with E-state index in [0.29, 0.717) is 0 Å². The van der Waals surface area contributed by atoms with Crippen LogP contribution in [0.25, 0.3) is 10.1 Å². The highest BCUT2D eigenvalue weighted by atomic mass is 32.1. The number of hydrogen-bond donors (Lipinski definition) is 0. The lowest BCUT2D eigenvalue weighted by molar-refractivity contribution is 0.252. The van der Waals surface area contributed by atoms with E-state index in [9.17, 15) is 0 Å². The third-order valence-corrected chi connectivity index (χ3v) is 7.68. The number of aryl methyl sites for hydroxylation is 1. The monoisotopic (exact) mass is 419 g/mol. The van der Waals surface area contributed by atoms with Gasteiger partial charge in [-0.2, -0.15) is 0 Å². The minimum Gasteiger partial charge on any atom is -0.371 e. The average molecular weight is 420 g/mol. The van der Waals surface area contributed by atoms with E-state index in [-0.39, 0.29) is 0 Å². The molecule has 0 radical (unpaired) electrons. The van der Waals surface area contributed by atoms with Crippen LogP contribution in [0, 0.1) is 0 Å². The van der Waals surface area contributed by atoms with Crippen molar-refractivity contribution < 1.29 is 0 Å². The van der Waals surface area contributed by atoms with Gasteiger partial charge in [0.2, 0.25) is 0 Å². The summed E-state index contributed by atoms with van der Waals surface area (Å²) in [5, 5.41) is 3.64. The highest BCUT2D eigenvalue weighted by molar-refractivity contribution is 7.17. The molecule has 0 unspecified atom stereocenters.